The highest BCUT2D eigenvalue weighted by Crippen LogP contribution is 2.46. The lowest BCUT2D eigenvalue weighted by Gasteiger charge is -2.47. The minimum atomic E-state index is -0.0663. The van der Waals surface area contributed by atoms with Gasteiger partial charge in [0.25, 0.3) is 0 Å². The maximum Gasteiger partial charge on any atom is 0.124 e. The molecule has 1 aliphatic carbocycles. The number of hydrogen-bond acceptors (Lipinski definition) is 3. The van der Waals surface area contributed by atoms with E-state index in [1.165, 1.54) is 12.0 Å². The monoisotopic (exact) mass is 263 g/mol. The normalized spacial score (nSPS) is 18.7. The summed E-state index contributed by atoms with van der Waals surface area (Å²) in [6.07, 6.45) is 3.47. The van der Waals surface area contributed by atoms with Gasteiger partial charge in [-0.15, -0.1) is 0 Å². The largest absolute Gasteiger partial charge is 0.494 e. The molecule has 106 valence electrons. The van der Waals surface area contributed by atoms with Gasteiger partial charge in [0, 0.05) is 12.7 Å². The first-order valence-electron chi connectivity index (χ1n) is 7.27. The van der Waals surface area contributed by atoms with E-state index in [2.05, 4.69) is 24.4 Å². The number of methoxy groups -OCH3 is 1. The zero-order valence-corrected chi connectivity index (χ0v) is 12.2. The van der Waals surface area contributed by atoms with E-state index in [1.54, 1.807) is 0 Å². The molecule has 0 aromatic heterocycles. The van der Waals surface area contributed by atoms with Crippen LogP contribution in [0.25, 0.3) is 0 Å². The van der Waals surface area contributed by atoms with Gasteiger partial charge in [-0.05, 0) is 38.8 Å². The van der Waals surface area contributed by atoms with Crippen molar-refractivity contribution in [2.45, 2.75) is 44.8 Å². The molecule has 1 aliphatic rings. The molecule has 1 atom stereocenters. The van der Waals surface area contributed by atoms with E-state index in [1.807, 2.05) is 26.2 Å². The zero-order valence-electron chi connectivity index (χ0n) is 12.2. The van der Waals surface area contributed by atoms with Crippen molar-refractivity contribution in [2.75, 3.05) is 20.3 Å². The Morgan fingerprint density at radius 1 is 1.26 bits per heavy atom. The zero-order chi connectivity index (χ0) is 13.7. The third kappa shape index (κ3) is 2.77. The Bertz CT molecular complexity index is 396. The van der Waals surface area contributed by atoms with E-state index in [-0.39, 0.29) is 11.6 Å². The number of benzene rings is 1. The molecule has 0 heterocycles. The minimum absolute atomic E-state index is 0.0663. The van der Waals surface area contributed by atoms with Crippen molar-refractivity contribution in [1.82, 2.24) is 5.32 Å². The molecule has 0 radical (unpaired) electrons. The van der Waals surface area contributed by atoms with Crippen LogP contribution in [-0.2, 0) is 4.74 Å². The molecule has 1 saturated carbocycles. The predicted octanol–water partition coefficient (Wildman–Crippen LogP) is 3.31. The van der Waals surface area contributed by atoms with Crippen LogP contribution in [0.5, 0.6) is 5.75 Å². The average Bonchev–Trinajstić information content (AvgIpc) is 2.38. The maximum atomic E-state index is 5.86. The van der Waals surface area contributed by atoms with Crippen LogP contribution >= 0.6 is 0 Å². The summed E-state index contributed by atoms with van der Waals surface area (Å²) in [6.45, 7) is 5.78. The van der Waals surface area contributed by atoms with E-state index < -0.39 is 0 Å². The third-order valence-corrected chi connectivity index (χ3v) is 4.07. The lowest BCUT2D eigenvalue weighted by atomic mass is 9.72. The number of likely N-dealkylation sites (N-methyl/N-ethyl adjacent to an activating group) is 1. The third-order valence-electron chi connectivity index (χ3n) is 4.07. The Labute approximate surface area is 116 Å². The van der Waals surface area contributed by atoms with Crippen molar-refractivity contribution in [3.63, 3.8) is 0 Å². The highest BCUT2D eigenvalue weighted by Gasteiger charge is 2.45. The van der Waals surface area contributed by atoms with Gasteiger partial charge in [0.1, 0.15) is 5.75 Å². The summed E-state index contributed by atoms with van der Waals surface area (Å²) < 4.78 is 11.6. The highest BCUT2D eigenvalue weighted by molar-refractivity contribution is 5.38. The van der Waals surface area contributed by atoms with Gasteiger partial charge in [0.15, 0.2) is 0 Å². The summed E-state index contributed by atoms with van der Waals surface area (Å²) in [7, 11) is 1.83. The molecule has 19 heavy (non-hydrogen) atoms. The maximum absolute atomic E-state index is 5.86. The molecule has 3 nitrogen and oxygen atoms in total. The number of ether oxygens (including phenoxy) is 2. The second-order valence-corrected chi connectivity index (χ2v) is 5.08. The molecule has 3 heteroatoms. The van der Waals surface area contributed by atoms with Crippen LogP contribution in [0.2, 0.25) is 0 Å². The van der Waals surface area contributed by atoms with E-state index in [0.717, 1.165) is 25.1 Å². The number of nitrogens with one attached hydrogen (secondary N) is 1. The van der Waals surface area contributed by atoms with Gasteiger partial charge < -0.3 is 14.8 Å². The van der Waals surface area contributed by atoms with E-state index >= 15 is 0 Å². The lowest BCUT2D eigenvalue weighted by molar-refractivity contribution is -0.0999. The molecule has 0 spiro atoms. The number of rotatable bonds is 7. The standard InChI is InChI=1S/C16H25NO2/c1-4-17-15(16(18-3)11-8-12-16)13-9-6-7-10-14(13)19-5-2/h6-7,9-10,15,17H,4-5,8,11-12H2,1-3H3. The van der Waals surface area contributed by atoms with Crippen LogP contribution in [-0.4, -0.2) is 25.9 Å². The van der Waals surface area contributed by atoms with Crippen LogP contribution < -0.4 is 10.1 Å². The lowest BCUT2D eigenvalue weighted by Crippen LogP contribution is -2.50. The Morgan fingerprint density at radius 3 is 2.53 bits per heavy atom. The summed E-state index contributed by atoms with van der Waals surface area (Å²) in [6, 6.07) is 8.50. The Balaban J connectivity index is 2.33. The van der Waals surface area contributed by atoms with Crippen LogP contribution in [0.15, 0.2) is 24.3 Å². The molecule has 2 rings (SSSR count). The molecule has 1 aromatic carbocycles. The Morgan fingerprint density at radius 2 is 2.00 bits per heavy atom. The summed E-state index contributed by atoms with van der Waals surface area (Å²) in [5, 5.41) is 3.59. The van der Waals surface area contributed by atoms with Crippen molar-refractivity contribution < 1.29 is 9.47 Å². The quantitative estimate of drug-likeness (QED) is 0.818. The smallest absolute Gasteiger partial charge is 0.124 e. The fraction of sp³-hybridized carbons (Fsp3) is 0.625. The van der Waals surface area contributed by atoms with Crippen molar-refractivity contribution in [3.05, 3.63) is 29.8 Å². The predicted molar refractivity (Wildman–Crippen MR) is 77.6 cm³/mol. The van der Waals surface area contributed by atoms with Crippen LogP contribution in [0, 0.1) is 0 Å². The molecule has 1 aromatic rings. The average molecular weight is 263 g/mol. The first-order valence-corrected chi connectivity index (χ1v) is 7.27. The summed E-state index contributed by atoms with van der Waals surface area (Å²) in [5.41, 5.74) is 1.15. The van der Waals surface area contributed by atoms with Gasteiger partial charge in [-0.1, -0.05) is 25.1 Å². The molecule has 1 unspecified atom stereocenters. The summed E-state index contributed by atoms with van der Waals surface area (Å²) in [4.78, 5) is 0. The van der Waals surface area contributed by atoms with Gasteiger partial charge in [0.05, 0.1) is 18.2 Å². The fourth-order valence-electron chi connectivity index (χ4n) is 2.93. The summed E-state index contributed by atoms with van der Waals surface area (Å²) in [5.74, 6) is 0.972. The van der Waals surface area contributed by atoms with Gasteiger partial charge in [-0.25, -0.2) is 0 Å². The van der Waals surface area contributed by atoms with Gasteiger partial charge in [-0.3, -0.25) is 0 Å². The van der Waals surface area contributed by atoms with Crippen molar-refractivity contribution in [1.29, 1.82) is 0 Å². The van der Waals surface area contributed by atoms with Gasteiger partial charge in [-0.2, -0.15) is 0 Å². The van der Waals surface area contributed by atoms with Crippen LogP contribution in [0.1, 0.15) is 44.7 Å². The van der Waals surface area contributed by atoms with Crippen molar-refractivity contribution >= 4 is 0 Å². The van der Waals surface area contributed by atoms with E-state index in [4.69, 9.17) is 9.47 Å². The highest BCUT2D eigenvalue weighted by atomic mass is 16.5. The molecule has 0 aliphatic heterocycles. The summed E-state index contributed by atoms with van der Waals surface area (Å²) >= 11 is 0. The first kappa shape index (κ1) is 14.4. The molecule has 0 bridgehead atoms. The molecular formula is C16H25NO2. The molecule has 1 fully saturated rings. The van der Waals surface area contributed by atoms with E-state index in [0.29, 0.717) is 6.61 Å². The Hall–Kier alpha value is -1.06. The second kappa shape index (κ2) is 6.40. The number of hydrogen-bond donors (Lipinski definition) is 1. The van der Waals surface area contributed by atoms with E-state index in [9.17, 15) is 0 Å². The Kier molecular flexibility index (Phi) is 4.83. The van der Waals surface area contributed by atoms with Crippen molar-refractivity contribution in [3.8, 4) is 5.75 Å². The van der Waals surface area contributed by atoms with Gasteiger partial charge in [0.2, 0.25) is 0 Å². The molecule has 0 saturated heterocycles. The molecule has 1 N–H and O–H groups in total. The fourth-order valence-corrected chi connectivity index (χ4v) is 2.93. The van der Waals surface area contributed by atoms with Crippen LogP contribution in [0.4, 0.5) is 0 Å². The van der Waals surface area contributed by atoms with Crippen LogP contribution in [0.3, 0.4) is 0 Å². The second-order valence-electron chi connectivity index (χ2n) is 5.08. The first-order chi connectivity index (χ1) is 9.27. The molecule has 0 amide bonds. The molecular weight excluding hydrogens is 238 g/mol. The number of para-hydroxylation sites is 1. The topological polar surface area (TPSA) is 30.5 Å². The van der Waals surface area contributed by atoms with Crippen molar-refractivity contribution in [2.24, 2.45) is 0 Å². The minimum Gasteiger partial charge on any atom is -0.494 e. The van der Waals surface area contributed by atoms with Gasteiger partial charge >= 0.3 is 0 Å². The SMILES string of the molecule is CCNC(c1ccccc1OCC)C1(OC)CCC1.